The van der Waals surface area contributed by atoms with E-state index in [0.29, 0.717) is 58.4 Å². The molecule has 0 aromatic heterocycles. The van der Waals surface area contributed by atoms with Crippen LogP contribution in [-0.4, -0.2) is 201 Å². The minimum atomic E-state index is -1.15. The molecule has 1 saturated heterocycles. The Morgan fingerprint density at radius 1 is 0.735 bits per heavy atom. The van der Waals surface area contributed by atoms with Crippen LogP contribution in [0.1, 0.15) is 39.0 Å². The Morgan fingerprint density at radius 2 is 1.33 bits per heavy atom. The number of carbonyl (C=O) groups is 6. The number of aliphatic carboxylic acids is 3. The van der Waals surface area contributed by atoms with Gasteiger partial charge in [-0.25, -0.2) is 4.79 Å². The lowest BCUT2D eigenvalue weighted by molar-refractivity contribution is -0.146. The first-order chi connectivity index (χ1) is 23.2. The fourth-order valence-corrected chi connectivity index (χ4v) is 4.92. The summed E-state index contributed by atoms with van der Waals surface area (Å²) in [6, 6.07) is -0.679. The first-order valence-corrected chi connectivity index (χ1v) is 16.9. The van der Waals surface area contributed by atoms with Crippen molar-refractivity contribution in [3.8, 4) is 0 Å². The number of carbonyl (C=O) groups excluding carboxylic acids is 3. The Labute approximate surface area is 289 Å². The number of likely N-dealkylation sites (N-methyl/N-ethyl adjacent to an activating group) is 2. The van der Waals surface area contributed by atoms with Gasteiger partial charge in [0.05, 0.1) is 19.7 Å². The second-order valence-corrected chi connectivity index (χ2v) is 12.5. The molecule has 0 unspecified atom stereocenters. The number of hydrogen-bond donors (Lipinski definition) is 6. The summed E-state index contributed by atoms with van der Waals surface area (Å²) in [5.74, 6) is -3.67. The molecule has 1 aliphatic heterocycles. The van der Waals surface area contributed by atoms with E-state index in [-0.39, 0.29) is 57.8 Å². The second kappa shape index (κ2) is 25.4. The summed E-state index contributed by atoms with van der Waals surface area (Å²) in [6.07, 6.45) is 2.04. The molecule has 0 aliphatic carbocycles. The van der Waals surface area contributed by atoms with Crippen LogP contribution in [-0.2, 0) is 28.7 Å². The van der Waals surface area contributed by atoms with Crippen molar-refractivity contribution in [1.82, 2.24) is 40.4 Å². The minimum absolute atomic E-state index is 0.0382. The highest BCUT2D eigenvalue weighted by atomic mass is 16.5. The highest BCUT2D eigenvalue weighted by molar-refractivity contribution is 5.82. The predicted molar refractivity (Wildman–Crippen MR) is 180 cm³/mol. The average molecular weight is 703 g/mol. The van der Waals surface area contributed by atoms with Crippen LogP contribution < -0.4 is 16.0 Å². The first-order valence-electron chi connectivity index (χ1n) is 16.9. The van der Waals surface area contributed by atoms with E-state index in [9.17, 15) is 39.0 Å². The molecule has 6 N–H and O–H groups in total. The van der Waals surface area contributed by atoms with Crippen LogP contribution in [0.3, 0.4) is 0 Å². The van der Waals surface area contributed by atoms with E-state index in [1.54, 1.807) is 6.92 Å². The predicted octanol–water partition coefficient (Wildman–Crippen LogP) is -1.68. The van der Waals surface area contributed by atoms with Gasteiger partial charge in [0.15, 0.2) is 0 Å². The summed E-state index contributed by atoms with van der Waals surface area (Å²) in [5.41, 5.74) is 0. The van der Waals surface area contributed by atoms with Gasteiger partial charge in [0.25, 0.3) is 0 Å². The van der Waals surface area contributed by atoms with Crippen molar-refractivity contribution >= 4 is 35.8 Å². The summed E-state index contributed by atoms with van der Waals surface area (Å²) in [6.45, 7) is 7.28. The monoisotopic (exact) mass is 702 g/mol. The standard InChI is InChI=1S/C31H58N8O10/c1-25(7-8-28(42)43)34-31(48)33-9-5-4-6-11-39(23-30(46)47)27(41)24-49-20-10-32-26(40)21-37-16-14-35(2)12-13-36(3)15-17-38(19-18-37)22-29(44)45/h25H,4-24H2,1-3H3,(H,32,40)(H,42,43)(H,44,45)(H,46,47)(H2,33,34,48)/t25-/m1/s1. The fraction of sp³-hybridized carbons (Fsp3) is 0.806. The van der Waals surface area contributed by atoms with Crippen molar-refractivity contribution in [1.29, 1.82) is 0 Å². The van der Waals surface area contributed by atoms with Gasteiger partial charge in [0.2, 0.25) is 11.8 Å². The molecular formula is C31H58N8O10. The van der Waals surface area contributed by atoms with Crippen LogP contribution in [0.2, 0.25) is 0 Å². The minimum Gasteiger partial charge on any atom is -0.481 e. The van der Waals surface area contributed by atoms with Gasteiger partial charge in [0.1, 0.15) is 13.2 Å². The van der Waals surface area contributed by atoms with E-state index in [0.717, 1.165) is 26.2 Å². The quantitative estimate of drug-likeness (QED) is 0.0736. The number of amides is 4. The van der Waals surface area contributed by atoms with Gasteiger partial charge in [0, 0.05) is 84.5 Å². The number of carboxylic acids is 3. The van der Waals surface area contributed by atoms with Gasteiger partial charge in [-0.05, 0) is 46.7 Å². The van der Waals surface area contributed by atoms with Crippen molar-refractivity contribution in [2.24, 2.45) is 0 Å². The third-order valence-corrected chi connectivity index (χ3v) is 7.95. The van der Waals surface area contributed by atoms with Crippen molar-refractivity contribution in [2.45, 2.75) is 45.1 Å². The highest BCUT2D eigenvalue weighted by Gasteiger charge is 2.19. The molecule has 282 valence electrons. The number of unbranched alkanes of at least 4 members (excludes halogenated alkanes) is 2. The van der Waals surface area contributed by atoms with E-state index in [1.807, 2.05) is 23.9 Å². The Morgan fingerprint density at radius 3 is 1.92 bits per heavy atom. The van der Waals surface area contributed by atoms with Gasteiger partial charge >= 0.3 is 23.9 Å². The normalized spacial score (nSPS) is 16.5. The number of nitrogens with zero attached hydrogens (tertiary/aromatic N) is 5. The van der Waals surface area contributed by atoms with Crippen LogP contribution >= 0.6 is 0 Å². The number of ether oxygens (including phenoxy) is 1. The van der Waals surface area contributed by atoms with Crippen LogP contribution in [0.4, 0.5) is 4.79 Å². The molecule has 0 aromatic carbocycles. The number of hydrogen-bond acceptors (Lipinski definition) is 11. The maximum Gasteiger partial charge on any atom is 0.323 e. The number of rotatable bonds is 21. The maximum absolute atomic E-state index is 12.7. The fourth-order valence-electron chi connectivity index (χ4n) is 4.92. The van der Waals surface area contributed by atoms with Crippen molar-refractivity contribution < 1.29 is 48.8 Å². The largest absolute Gasteiger partial charge is 0.481 e. The zero-order valence-electron chi connectivity index (χ0n) is 29.4. The van der Waals surface area contributed by atoms with Crippen LogP contribution in [0, 0.1) is 0 Å². The second-order valence-electron chi connectivity index (χ2n) is 12.5. The zero-order valence-corrected chi connectivity index (χ0v) is 29.4. The SMILES string of the molecule is C[C@H](CCC(=O)O)NC(=O)NCCCCCN(CC(=O)O)C(=O)COCCNC(=O)CN1CCN(C)CCN(C)CCN(CC(=O)O)CC1. The molecule has 1 rings (SSSR count). The van der Waals surface area contributed by atoms with E-state index in [1.165, 1.54) is 4.90 Å². The van der Waals surface area contributed by atoms with Crippen molar-refractivity contribution in [2.75, 3.05) is 119 Å². The van der Waals surface area contributed by atoms with Crippen LogP contribution in [0.15, 0.2) is 0 Å². The lowest BCUT2D eigenvalue weighted by Gasteiger charge is -2.31. The Hall–Kier alpha value is -3.58. The molecule has 18 nitrogen and oxygen atoms in total. The molecule has 0 saturated carbocycles. The Bertz CT molecular complexity index is 1040. The molecule has 1 atom stereocenters. The van der Waals surface area contributed by atoms with Crippen molar-refractivity contribution in [3.63, 3.8) is 0 Å². The topological polar surface area (TPSA) is 225 Å². The Kier molecular flexibility index (Phi) is 22.5. The summed E-state index contributed by atoms with van der Waals surface area (Å²) < 4.78 is 5.43. The summed E-state index contributed by atoms with van der Waals surface area (Å²) in [7, 11) is 4.05. The molecule has 0 spiro atoms. The van der Waals surface area contributed by atoms with Crippen molar-refractivity contribution in [3.05, 3.63) is 0 Å². The van der Waals surface area contributed by atoms with Crippen LogP contribution in [0.5, 0.6) is 0 Å². The molecular weight excluding hydrogens is 644 g/mol. The maximum atomic E-state index is 12.7. The van der Waals surface area contributed by atoms with Gasteiger partial charge in [-0.3, -0.25) is 33.8 Å². The van der Waals surface area contributed by atoms with Gasteiger partial charge in [-0.1, -0.05) is 0 Å². The molecule has 0 radical (unpaired) electrons. The smallest absolute Gasteiger partial charge is 0.323 e. The summed E-state index contributed by atoms with van der Waals surface area (Å²) in [5, 5.41) is 35.4. The average Bonchev–Trinajstić information content (AvgIpc) is 3.02. The Balaban J connectivity index is 2.39. The molecule has 0 bridgehead atoms. The number of urea groups is 1. The highest BCUT2D eigenvalue weighted by Crippen LogP contribution is 2.02. The first kappa shape index (κ1) is 43.4. The third-order valence-electron chi connectivity index (χ3n) is 7.95. The number of carboxylic acid groups (broad SMARTS) is 3. The van der Waals surface area contributed by atoms with E-state index < -0.39 is 36.4 Å². The molecule has 0 aromatic rings. The molecule has 4 amide bonds. The van der Waals surface area contributed by atoms with E-state index >= 15 is 0 Å². The molecule has 18 heteroatoms. The van der Waals surface area contributed by atoms with Gasteiger partial charge in [-0.2, -0.15) is 0 Å². The van der Waals surface area contributed by atoms with Crippen LogP contribution in [0.25, 0.3) is 0 Å². The van der Waals surface area contributed by atoms with E-state index in [2.05, 4.69) is 25.8 Å². The molecule has 49 heavy (non-hydrogen) atoms. The van der Waals surface area contributed by atoms with Gasteiger partial charge < -0.3 is 50.7 Å². The van der Waals surface area contributed by atoms with Gasteiger partial charge in [-0.15, -0.1) is 0 Å². The number of nitrogens with one attached hydrogen (secondary N) is 3. The summed E-state index contributed by atoms with van der Waals surface area (Å²) in [4.78, 5) is 80.0. The lowest BCUT2D eigenvalue weighted by atomic mass is 10.2. The molecule has 1 heterocycles. The zero-order chi connectivity index (χ0) is 36.6. The van der Waals surface area contributed by atoms with E-state index in [4.69, 9.17) is 9.84 Å². The third kappa shape index (κ3) is 23.4. The molecule has 1 fully saturated rings. The molecule has 1 aliphatic rings. The summed E-state index contributed by atoms with van der Waals surface area (Å²) >= 11 is 0. The lowest BCUT2D eigenvalue weighted by Crippen LogP contribution is -2.47.